The maximum absolute atomic E-state index is 18.0. The molecule has 0 aromatic rings. The molecule has 43 heavy (non-hydrogen) atoms. The number of hydrogen-bond donors (Lipinski definition) is 0. The van der Waals surface area contributed by atoms with E-state index in [1.807, 2.05) is 6.92 Å². The van der Waals surface area contributed by atoms with Crippen LogP contribution in [0.5, 0.6) is 0 Å². The number of allylic oxidation sites excluding steroid dienone is 4. The van der Waals surface area contributed by atoms with Gasteiger partial charge in [-0.2, -0.15) is 13.2 Å². The lowest BCUT2D eigenvalue weighted by atomic mass is 9.44. The fourth-order valence-corrected chi connectivity index (χ4v) is 8.51. The molecule has 0 saturated heterocycles. The number of unbranched alkanes of at least 4 members (excludes halogenated alkanes) is 1. The molecule has 3 fully saturated rings. The number of carbonyl (C=O) groups is 5. The Morgan fingerprint density at radius 1 is 1.12 bits per heavy atom. The fraction of sp³-hybridized carbons (Fsp3) is 0.710. The van der Waals surface area contributed by atoms with Crippen LogP contribution in [0.4, 0.5) is 17.6 Å². The van der Waals surface area contributed by atoms with Crippen molar-refractivity contribution in [3.05, 3.63) is 23.8 Å². The first-order valence-corrected chi connectivity index (χ1v) is 14.7. The normalized spacial score (nSPS) is 38.3. The summed E-state index contributed by atoms with van der Waals surface area (Å²) >= 11 is 0. The zero-order valence-corrected chi connectivity index (χ0v) is 25.0. The van der Waals surface area contributed by atoms with Crippen molar-refractivity contribution in [3.63, 3.8) is 0 Å². The van der Waals surface area contributed by atoms with Crippen molar-refractivity contribution in [1.29, 1.82) is 0 Å². The summed E-state index contributed by atoms with van der Waals surface area (Å²) in [5, 5.41) is 0. The highest BCUT2D eigenvalue weighted by Crippen LogP contribution is 2.72. The highest BCUT2D eigenvalue weighted by molar-refractivity contribution is 6.01. The summed E-state index contributed by atoms with van der Waals surface area (Å²) in [6, 6.07) is 0. The molecule has 12 heteroatoms. The molecule has 0 amide bonds. The van der Waals surface area contributed by atoms with Gasteiger partial charge < -0.3 is 14.2 Å². The topological polar surface area (TPSA) is 113 Å². The maximum atomic E-state index is 18.0. The Hall–Kier alpha value is -3.05. The summed E-state index contributed by atoms with van der Waals surface area (Å²) in [4.78, 5) is 63.3. The van der Waals surface area contributed by atoms with Gasteiger partial charge in [0.1, 0.15) is 6.10 Å². The average Bonchev–Trinajstić information content (AvgIpc) is 3.13. The Morgan fingerprint density at radius 3 is 2.40 bits per heavy atom. The van der Waals surface area contributed by atoms with Gasteiger partial charge in [0.05, 0.1) is 0 Å². The first kappa shape index (κ1) is 32.9. The van der Waals surface area contributed by atoms with Crippen molar-refractivity contribution in [3.8, 4) is 0 Å². The van der Waals surface area contributed by atoms with Crippen LogP contribution in [0.2, 0.25) is 0 Å². The van der Waals surface area contributed by atoms with E-state index in [2.05, 4.69) is 0 Å². The van der Waals surface area contributed by atoms with E-state index in [1.54, 1.807) is 13.8 Å². The molecule has 0 N–H and O–H groups in total. The number of esters is 3. The molecule has 4 aliphatic rings. The van der Waals surface area contributed by atoms with Crippen molar-refractivity contribution in [1.82, 2.24) is 0 Å². The smallest absolute Gasteiger partial charge is 0.458 e. The lowest BCUT2D eigenvalue weighted by molar-refractivity contribution is -0.251. The second-order valence-corrected chi connectivity index (χ2v) is 12.8. The maximum Gasteiger partial charge on any atom is 0.490 e. The molecule has 238 valence electrons. The highest BCUT2D eigenvalue weighted by Gasteiger charge is 2.78. The van der Waals surface area contributed by atoms with Crippen molar-refractivity contribution in [2.45, 2.75) is 103 Å². The van der Waals surface area contributed by atoms with Crippen molar-refractivity contribution in [2.24, 2.45) is 28.6 Å². The van der Waals surface area contributed by atoms with Crippen molar-refractivity contribution >= 4 is 29.5 Å². The monoisotopic (exact) mass is 614 g/mol. The van der Waals surface area contributed by atoms with E-state index in [9.17, 15) is 37.1 Å². The third kappa shape index (κ3) is 5.02. The summed E-state index contributed by atoms with van der Waals surface area (Å²) in [7, 11) is 0. The van der Waals surface area contributed by atoms with Crippen LogP contribution in [0.15, 0.2) is 23.8 Å². The highest BCUT2D eigenvalue weighted by atomic mass is 19.4. The first-order valence-electron chi connectivity index (χ1n) is 14.7. The van der Waals surface area contributed by atoms with Crippen LogP contribution < -0.4 is 0 Å². The Kier molecular flexibility index (Phi) is 8.51. The number of ketones is 2. The number of halogens is 4. The Balaban J connectivity index is 1.90. The zero-order chi connectivity index (χ0) is 32.2. The van der Waals surface area contributed by atoms with Crippen LogP contribution in [0.1, 0.15) is 79.6 Å². The molecule has 0 radical (unpaired) electrons. The second kappa shape index (κ2) is 11.1. The van der Waals surface area contributed by atoms with Crippen LogP contribution in [-0.2, 0) is 38.2 Å². The number of rotatable bonds is 8. The Labute approximate surface area is 247 Å². The lowest BCUT2D eigenvalue weighted by Crippen LogP contribution is -2.71. The Bertz CT molecular complexity index is 1270. The van der Waals surface area contributed by atoms with E-state index in [0.717, 1.165) is 13.0 Å². The minimum absolute atomic E-state index is 0.0411. The average molecular weight is 615 g/mol. The molecule has 8 nitrogen and oxygen atoms in total. The minimum atomic E-state index is -5.44. The predicted molar refractivity (Wildman–Crippen MR) is 143 cm³/mol. The van der Waals surface area contributed by atoms with Gasteiger partial charge in [0.15, 0.2) is 23.7 Å². The minimum Gasteiger partial charge on any atom is -0.458 e. The molecule has 8 atom stereocenters. The van der Waals surface area contributed by atoms with Gasteiger partial charge in [-0.3, -0.25) is 19.2 Å². The quantitative estimate of drug-likeness (QED) is 0.205. The molecule has 4 aliphatic carbocycles. The van der Waals surface area contributed by atoms with Gasteiger partial charge in [-0.15, -0.1) is 0 Å². The molecule has 0 spiro atoms. The van der Waals surface area contributed by atoms with E-state index in [-0.39, 0.29) is 31.5 Å². The van der Waals surface area contributed by atoms with Crippen LogP contribution in [0.25, 0.3) is 0 Å². The summed E-state index contributed by atoms with van der Waals surface area (Å²) in [6.45, 7) is 6.86. The first-order chi connectivity index (χ1) is 19.9. The van der Waals surface area contributed by atoms with Crippen molar-refractivity contribution < 1.29 is 55.7 Å². The van der Waals surface area contributed by atoms with E-state index in [1.165, 1.54) is 19.1 Å². The third-order valence-corrected chi connectivity index (χ3v) is 10.5. The van der Waals surface area contributed by atoms with E-state index < -0.39 is 88.9 Å². The van der Waals surface area contributed by atoms with E-state index in [4.69, 9.17) is 14.2 Å². The lowest BCUT2D eigenvalue weighted by Gasteiger charge is -2.63. The van der Waals surface area contributed by atoms with Gasteiger partial charge in [-0.05, 0) is 57.1 Å². The molecule has 0 bridgehead atoms. The van der Waals surface area contributed by atoms with Crippen LogP contribution in [-0.4, -0.2) is 59.6 Å². The number of hydrogen-bond acceptors (Lipinski definition) is 8. The largest absolute Gasteiger partial charge is 0.490 e. The van der Waals surface area contributed by atoms with Gasteiger partial charge in [0.25, 0.3) is 0 Å². The van der Waals surface area contributed by atoms with Gasteiger partial charge in [0.2, 0.25) is 5.78 Å². The van der Waals surface area contributed by atoms with Gasteiger partial charge in [0, 0.05) is 36.0 Å². The third-order valence-electron chi connectivity index (χ3n) is 10.5. The molecule has 4 rings (SSSR count). The number of carbonyl (C=O) groups excluding carboxylic acids is 5. The van der Waals surface area contributed by atoms with Gasteiger partial charge >= 0.3 is 24.1 Å². The van der Waals surface area contributed by atoms with Crippen molar-refractivity contribution in [2.75, 3.05) is 6.61 Å². The van der Waals surface area contributed by atoms with E-state index in [0.29, 0.717) is 18.4 Å². The van der Waals surface area contributed by atoms with Gasteiger partial charge in [-0.25, -0.2) is 9.18 Å². The number of alkyl halides is 4. The molecule has 3 unspecified atom stereocenters. The Morgan fingerprint density at radius 2 is 1.79 bits per heavy atom. The molecule has 0 aromatic carbocycles. The predicted octanol–water partition coefficient (Wildman–Crippen LogP) is 5.32. The molecular weight excluding hydrogens is 576 g/mol. The second-order valence-electron chi connectivity index (χ2n) is 12.8. The summed E-state index contributed by atoms with van der Waals surface area (Å²) in [6.07, 6.45) is -2.75. The molecule has 0 aromatic heterocycles. The van der Waals surface area contributed by atoms with E-state index >= 15 is 4.39 Å². The zero-order valence-electron chi connectivity index (χ0n) is 25.0. The summed E-state index contributed by atoms with van der Waals surface area (Å²) in [5.41, 5.74) is -7.31. The number of fused-ring (bicyclic) bond motifs is 5. The van der Waals surface area contributed by atoms with Gasteiger partial charge in [-0.1, -0.05) is 38.8 Å². The molecule has 0 heterocycles. The molecule has 0 aliphatic heterocycles. The number of ether oxygens (including phenoxy) is 3. The number of Topliss-reactive ketones (excluding diaryl/α,β-unsaturated/α-hetero) is 1. The summed E-state index contributed by atoms with van der Waals surface area (Å²) < 4.78 is 74.8. The van der Waals surface area contributed by atoms with Crippen LogP contribution in [0, 0.1) is 28.6 Å². The van der Waals surface area contributed by atoms with Crippen LogP contribution in [0.3, 0.4) is 0 Å². The standard InChI is InChI=1S/C31H38F4O8/c1-6-7-8-25(39)43-30(23(38)16-41-18(3)36)17(2)13-22-21-10-9-19-14-20(37)11-12-27(19,4)29(21,32)24(15-28(22,30)5)42-26(40)31(33,34)35/h11-12,14,17,21-22,24H,6-10,13,15-16H2,1-5H3/t17?,21-,22-,24?,27-,28-,29?,30-/m0/s1. The molecular formula is C31H38F4O8. The fourth-order valence-electron chi connectivity index (χ4n) is 8.51. The summed E-state index contributed by atoms with van der Waals surface area (Å²) in [5.74, 6) is -7.74. The SMILES string of the molecule is CCCCC(=O)O[C@]1(C(=O)COC(C)=O)C(C)C[C@H]2[C@@H]3CCC4=CC(=O)C=C[C@]4(C)C3(F)C(OC(=O)C(F)(F)F)C[C@@]21C. The molecule has 3 saturated carbocycles. The van der Waals surface area contributed by atoms with Crippen LogP contribution >= 0.6 is 0 Å².